The molecule has 2 aromatic carbocycles. The molecule has 8 heteroatoms. The van der Waals surface area contributed by atoms with Gasteiger partial charge in [0, 0.05) is 29.3 Å². The fraction of sp³-hybridized carbons (Fsp3) is 0.240. The summed E-state index contributed by atoms with van der Waals surface area (Å²) in [7, 11) is 0. The van der Waals surface area contributed by atoms with Crippen LogP contribution in [0.25, 0.3) is 22.2 Å². The lowest BCUT2D eigenvalue weighted by atomic mass is 9.98. The number of hydrogen-bond donors (Lipinski definition) is 2. The third-order valence-corrected chi connectivity index (χ3v) is 6.30. The van der Waals surface area contributed by atoms with Crippen LogP contribution in [0.1, 0.15) is 23.4 Å². The van der Waals surface area contributed by atoms with Gasteiger partial charge >= 0.3 is 0 Å². The van der Waals surface area contributed by atoms with E-state index >= 15 is 0 Å². The highest BCUT2D eigenvalue weighted by Crippen LogP contribution is 2.26. The SMILES string of the molecule is O=c1[nH]c(Cc2ccc(-c3cc(F)cc(F)c3)nc2)nc2cc(C[C@@H]3CCNC3)c(Cl)cc12. The molecule has 4 aromatic rings. The summed E-state index contributed by atoms with van der Waals surface area (Å²) in [5.74, 6) is -0.276. The van der Waals surface area contributed by atoms with Crippen molar-refractivity contribution in [2.45, 2.75) is 19.3 Å². The molecular weight excluding hydrogens is 446 g/mol. The average Bonchev–Trinajstić information content (AvgIpc) is 3.28. The van der Waals surface area contributed by atoms with E-state index in [1.54, 1.807) is 24.4 Å². The molecule has 3 heterocycles. The minimum Gasteiger partial charge on any atom is -0.316 e. The Morgan fingerprint density at radius 1 is 1.09 bits per heavy atom. The number of benzene rings is 2. The number of pyridine rings is 1. The van der Waals surface area contributed by atoms with Crippen LogP contribution in [0.3, 0.4) is 0 Å². The molecule has 2 N–H and O–H groups in total. The van der Waals surface area contributed by atoms with Crippen molar-refractivity contribution >= 4 is 22.5 Å². The number of fused-ring (bicyclic) bond motifs is 1. The summed E-state index contributed by atoms with van der Waals surface area (Å²) in [4.78, 5) is 24.4. The lowest BCUT2D eigenvalue weighted by Crippen LogP contribution is -2.14. The molecule has 0 spiro atoms. The second-order valence-electron chi connectivity index (χ2n) is 8.42. The number of aromatic nitrogens is 3. The number of aromatic amines is 1. The van der Waals surface area contributed by atoms with Gasteiger partial charge in [0.15, 0.2) is 0 Å². The first-order valence-corrected chi connectivity index (χ1v) is 11.2. The Kier molecular flexibility index (Phi) is 5.91. The summed E-state index contributed by atoms with van der Waals surface area (Å²) in [6.45, 7) is 1.98. The molecule has 0 saturated carbocycles. The van der Waals surface area contributed by atoms with Gasteiger partial charge in [-0.25, -0.2) is 13.8 Å². The number of H-pyrrole nitrogens is 1. The van der Waals surface area contributed by atoms with Gasteiger partial charge in [0.25, 0.3) is 5.56 Å². The number of nitrogens with one attached hydrogen (secondary N) is 2. The maximum Gasteiger partial charge on any atom is 0.258 e. The van der Waals surface area contributed by atoms with Crippen molar-refractivity contribution in [3.63, 3.8) is 0 Å². The molecule has 0 radical (unpaired) electrons. The molecule has 1 aliphatic heterocycles. The second-order valence-corrected chi connectivity index (χ2v) is 8.83. The van der Waals surface area contributed by atoms with Crippen molar-refractivity contribution in [1.82, 2.24) is 20.3 Å². The van der Waals surface area contributed by atoms with Crippen molar-refractivity contribution in [1.29, 1.82) is 0 Å². The van der Waals surface area contributed by atoms with Gasteiger partial charge in [0.1, 0.15) is 17.5 Å². The van der Waals surface area contributed by atoms with Crippen LogP contribution in [0, 0.1) is 17.6 Å². The summed E-state index contributed by atoms with van der Waals surface area (Å²) >= 11 is 6.45. The van der Waals surface area contributed by atoms with Crippen molar-refractivity contribution < 1.29 is 8.78 Å². The largest absolute Gasteiger partial charge is 0.316 e. The normalized spacial score (nSPS) is 15.9. The summed E-state index contributed by atoms with van der Waals surface area (Å²) in [5.41, 5.74) is 2.99. The average molecular weight is 467 g/mol. The third-order valence-electron chi connectivity index (χ3n) is 5.95. The number of hydrogen-bond acceptors (Lipinski definition) is 4. The Bertz CT molecular complexity index is 1360. The molecule has 2 aromatic heterocycles. The Labute approximate surface area is 193 Å². The van der Waals surface area contributed by atoms with Gasteiger partial charge in [-0.15, -0.1) is 0 Å². The molecule has 1 saturated heterocycles. The highest BCUT2D eigenvalue weighted by molar-refractivity contribution is 6.32. The number of rotatable bonds is 5. The lowest BCUT2D eigenvalue weighted by molar-refractivity contribution is 0.580. The summed E-state index contributed by atoms with van der Waals surface area (Å²) in [5, 5.41) is 4.40. The standard InChI is InChI=1S/C25H21ClF2N4O/c26-21-11-20-23(9-16(21)5-15-3-4-29-12-15)31-24(32-25(20)33)6-14-1-2-22(30-13-14)17-7-18(27)10-19(28)8-17/h1-2,7-11,13,15,29H,3-6,12H2,(H,31,32,33)/t15-/m0/s1. The molecule has 5 nitrogen and oxygen atoms in total. The zero-order chi connectivity index (χ0) is 22.9. The molecule has 0 unspecified atom stereocenters. The molecule has 5 rings (SSSR count). The van der Waals surface area contributed by atoms with E-state index in [1.807, 2.05) is 6.07 Å². The van der Waals surface area contributed by atoms with Gasteiger partial charge < -0.3 is 10.3 Å². The van der Waals surface area contributed by atoms with Crippen LogP contribution >= 0.6 is 11.6 Å². The molecule has 33 heavy (non-hydrogen) atoms. The van der Waals surface area contributed by atoms with E-state index in [-0.39, 0.29) is 5.56 Å². The van der Waals surface area contributed by atoms with Crippen LogP contribution in [0.4, 0.5) is 8.78 Å². The van der Waals surface area contributed by atoms with Gasteiger partial charge in [-0.05, 0) is 73.3 Å². The third kappa shape index (κ3) is 4.79. The van der Waals surface area contributed by atoms with Crippen molar-refractivity contribution in [3.8, 4) is 11.3 Å². The first-order valence-electron chi connectivity index (χ1n) is 10.8. The summed E-state index contributed by atoms with van der Waals surface area (Å²) < 4.78 is 27.0. The zero-order valence-electron chi connectivity index (χ0n) is 17.7. The lowest BCUT2D eigenvalue weighted by Gasteiger charge is -2.11. The molecule has 1 fully saturated rings. The maximum absolute atomic E-state index is 13.5. The van der Waals surface area contributed by atoms with E-state index < -0.39 is 11.6 Å². The van der Waals surface area contributed by atoms with E-state index in [2.05, 4.69) is 20.3 Å². The van der Waals surface area contributed by atoms with Gasteiger partial charge in [-0.2, -0.15) is 0 Å². The summed E-state index contributed by atoms with van der Waals surface area (Å²) in [6, 6.07) is 10.4. The Hall–Kier alpha value is -3.16. The first-order chi connectivity index (χ1) is 15.9. The maximum atomic E-state index is 13.5. The van der Waals surface area contributed by atoms with E-state index in [4.69, 9.17) is 11.6 Å². The molecule has 0 amide bonds. The van der Waals surface area contributed by atoms with Gasteiger partial charge in [-0.1, -0.05) is 17.7 Å². The zero-order valence-corrected chi connectivity index (χ0v) is 18.4. The molecule has 0 aliphatic carbocycles. The van der Waals surface area contributed by atoms with Crippen molar-refractivity contribution in [2.24, 2.45) is 5.92 Å². The Balaban J connectivity index is 1.41. The van der Waals surface area contributed by atoms with E-state index in [9.17, 15) is 13.6 Å². The fourth-order valence-electron chi connectivity index (χ4n) is 4.29. The van der Waals surface area contributed by atoms with Crippen molar-refractivity contribution in [2.75, 3.05) is 13.1 Å². The number of halogens is 3. The minimum absolute atomic E-state index is 0.245. The molecule has 168 valence electrons. The van der Waals surface area contributed by atoms with Crippen LogP contribution in [0.2, 0.25) is 5.02 Å². The van der Waals surface area contributed by atoms with Crippen LogP contribution < -0.4 is 10.9 Å². The Morgan fingerprint density at radius 3 is 2.61 bits per heavy atom. The van der Waals surface area contributed by atoms with Gasteiger partial charge in [0.05, 0.1) is 16.6 Å². The predicted molar refractivity (Wildman–Crippen MR) is 124 cm³/mol. The van der Waals surface area contributed by atoms with Crippen molar-refractivity contribution in [3.05, 3.63) is 92.6 Å². The minimum atomic E-state index is -0.655. The van der Waals surface area contributed by atoms with Crippen LogP contribution in [-0.4, -0.2) is 28.0 Å². The molecule has 0 bridgehead atoms. The van der Waals surface area contributed by atoms with E-state index in [0.29, 0.717) is 45.3 Å². The topological polar surface area (TPSA) is 70.7 Å². The first kappa shape index (κ1) is 21.7. The smallest absolute Gasteiger partial charge is 0.258 e. The quantitative estimate of drug-likeness (QED) is 0.449. The van der Waals surface area contributed by atoms with Gasteiger partial charge in [0.2, 0.25) is 0 Å². The highest BCUT2D eigenvalue weighted by atomic mass is 35.5. The Morgan fingerprint density at radius 2 is 1.91 bits per heavy atom. The highest BCUT2D eigenvalue weighted by Gasteiger charge is 2.18. The van der Waals surface area contributed by atoms with Crippen LogP contribution in [0.15, 0.2) is 53.5 Å². The fourth-order valence-corrected chi connectivity index (χ4v) is 4.53. The monoisotopic (exact) mass is 466 g/mol. The van der Waals surface area contributed by atoms with Crippen LogP contribution in [-0.2, 0) is 12.8 Å². The second kappa shape index (κ2) is 9.00. The van der Waals surface area contributed by atoms with Crippen LogP contribution in [0.5, 0.6) is 0 Å². The van der Waals surface area contributed by atoms with E-state index in [0.717, 1.165) is 43.1 Å². The molecule has 1 atom stereocenters. The van der Waals surface area contributed by atoms with E-state index in [1.165, 1.54) is 12.1 Å². The molecular formula is C25H21ClF2N4O. The molecule has 1 aliphatic rings. The number of nitrogens with zero attached hydrogens (tertiary/aromatic N) is 2. The summed E-state index contributed by atoms with van der Waals surface area (Å²) in [6.07, 6.45) is 3.93. The van der Waals surface area contributed by atoms with Gasteiger partial charge in [-0.3, -0.25) is 9.78 Å². The predicted octanol–water partition coefficient (Wildman–Crippen LogP) is 4.66.